The number of aryl methyl sites for hydroxylation is 2. The molecule has 3 rings (SSSR count). The summed E-state index contributed by atoms with van der Waals surface area (Å²) in [5.41, 5.74) is 4.24. The first-order chi connectivity index (χ1) is 11.1. The third-order valence-electron chi connectivity index (χ3n) is 4.59. The molecule has 1 N–H and O–H groups in total. The number of carbonyl (C=O) groups excluding carboxylic acids is 1. The van der Waals surface area contributed by atoms with Gasteiger partial charge < -0.3 is 10.2 Å². The SMILES string of the molecule is Cc1ccc(C(=O)NCC2CCCN2c2ccccc2)c(C)c1. The van der Waals surface area contributed by atoms with Crippen LogP contribution in [0, 0.1) is 13.8 Å². The Kier molecular flexibility index (Phi) is 4.65. The molecule has 1 aliphatic heterocycles. The highest BCUT2D eigenvalue weighted by molar-refractivity contribution is 5.95. The number of carbonyl (C=O) groups is 1. The fraction of sp³-hybridized carbons (Fsp3) is 0.350. The van der Waals surface area contributed by atoms with Crippen LogP contribution in [0.4, 0.5) is 5.69 Å². The predicted octanol–water partition coefficient (Wildman–Crippen LogP) is 3.70. The van der Waals surface area contributed by atoms with Crippen molar-refractivity contribution < 1.29 is 4.79 Å². The number of hydrogen-bond donors (Lipinski definition) is 1. The van der Waals surface area contributed by atoms with E-state index in [2.05, 4.69) is 40.5 Å². The van der Waals surface area contributed by atoms with E-state index in [9.17, 15) is 4.79 Å². The van der Waals surface area contributed by atoms with Crippen LogP contribution in [0.25, 0.3) is 0 Å². The van der Waals surface area contributed by atoms with Crippen LogP contribution in [-0.2, 0) is 0 Å². The lowest BCUT2D eigenvalue weighted by Gasteiger charge is -2.27. The van der Waals surface area contributed by atoms with Crippen LogP contribution in [-0.4, -0.2) is 25.0 Å². The van der Waals surface area contributed by atoms with E-state index in [1.807, 2.05) is 32.0 Å². The number of rotatable bonds is 4. The molecule has 0 saturated carbocycles. The Morgan fingerprint density at radius 1 is 1.17 bits per heavy atom. The van der Waals surface area contributed by atoms with Crippen molar-refractivity contribution in [3.8, 4) is 0 Å². The second kappa shape index (κ2) is 6.86. The highest BCUT2D eigenvalue weighted by atomic mass is 16.1. The van der Waals surface area contributed by atoms with Crippen LogP contribution in [0.2, 0.25) is 0 Å². The average Bonchev–Trinajstić information content (AvgIpc) is 3.02. The van der Waals surface area contributed by atoms with Crippen LogP contribution < -0.4 is 10.2 Å². The number of nitrogens with one attached hydrogen (secondary N) is 1. The smallest absolute Gasteiger partial charge is 0.251 e. The van der Waals surface area contributed by atoms with Crippen molar-refractivity contribution in [2.45, 2.75) is 32.7 Å². The maximum Gasteiger partial charge on any atom is 0.251 e. The first kappa shape index (κ1) is 15.6. The van der Waals surface area contributed by atoms with E-state index < -0.39 is 0 Å². The highest BCUT2D eigenvalue weighted by Gasteiger charge is 2.25. The molecule has 3 heteroatoms. The molecule has 1 heterocycles. The molecule has 2 aromatic carbocycles. The van der Waals surface area contributed by atoms with Crippen LogP contribution in [0.1, 0.15) is 34.3 Å². The standard InChI is InChI=1S/C20H24N2O/c1-15-10-11-19(16(2)13-15)20(23)21-14-18-9-6-12-22(18)17-7-4-3-5-8-17/h3-5,7-8,10-11,13,18H,6,9,12,14H2,1-2H3,(H,21,23). The zero-order valence-electron chi connectivity index (χ0n) is 13.9. The maximum absolute atomic E-state index is 12.4. The number of para-hydroxylation sites is 1. The summed E-state index contributed by atoms with van der Waals surface area (Å²) in [6.07, 6.45) is 2.31. The van der Waals surface area contributed by atoms with Crippen LogP contribution in [0.5, 0.6) is 0 Å². The van der Waals surface area contributed by atoms with Crippen molar-refractivity contribution in [3.05, 3.63) is 65.2 Å². The molecule has 2 aromatic rings. The molecule has 23 heavy (non-hydrogen) atoms. The molecule has 1 fully saturated rings. The van der Waals surface area contributed by atoms with Crippen molar-refractivity contribution in [1.29, 1.82) is 0 Å². The molecule has 1 unspecified atom stereocenters. The van der Waals surface area contributed by atoms with Crippen LogP contribution in [0.15, 0.2) is 48.5 Å². The molecule has 3 nitrogen and oxygen atoms in total. The molecule has 0 spiro atoms. The molecule has 0 aromatic heterocycles. The number of hydrogen-bond acceptors (Lipinski definition) is 2. The van der Waals surface area contributed by atoms with E-state index in [-0.39, 0.29) is 5.91 Å². The summed E-state index contributed by atoms with van der Waals surface area (Å²) in [6, 6.07) is 16.8. The summed E-state index contributed by atoms with van der Waals surface area (Å²) in [4.78, 5) is 14.9. The van der Waals surface area contributed by atoms with Gasteiger partial charge in [0.2, 0.25) is 0 Å². The normalized spacial score (nSPS) is 17.3. The topological polar surface area (TPSA) is 32.3 Å². The fourth-order valence-corrected chi connectivity index (χ4v) is 3.38. The molecular weight excluding hydrogens is 284 g/mol. The van der Waals surface area contributed by atoms with Crippen molar-refractivity contribution >= 4 is 11.6 Å². The maximum atomic E-state index is 12.4. The van der Waals surface area contributed by atoms with Gasteiger partial charge in [0.15, 0.2) is 0 Å². The van der Waals surface area contributed by atoms with E-state index in [1.165, 1.54) is 17.7 Å². The number of anilines is 1. The fourth-order valence-electron chi connectivity index (χ4n) is 3.38. The summed E-state index contributed by atoms with van der Waals surface area (Å²) in [5.74, 6) is 0.0300. The molecule has 1 saturated heterocycles. The third kappa shape index (κ3) is 3.55. The van der Waals surface area contributed by atoms with Gasteiger partial charge in [-0.05, 0) is 50.5 Å². The van der Waals surface area contributed by atoms with Crippen molar-refractivity contribution in [2.75, 3.05) is 18.0 Å². The minimum Gasteiger partial charge on any atom is -0.367 e. The number of nitrogens with zero attached hydrogens (tertiary/aromatic N) is 1. The molecule has 1 atom stereocenters. The summed E-state index contributed by atoms with van der Waals surface area (Å²) in [7, 11) is 0. The monoisotopic (exact) mass is 308 g/mol. The second-order valence-electron chi connectivity index (χ2n) is 6.35. The third-order valence-corrected chi connectivity index (χ3v) is 4.59. The molecule has 0 aliphatic carbocycles. The lowest BCUT2D eigenvalue weighted by molar-refractivity contribution is 0.0950. The largest absolute Gasteiger partial charge is 0.367 e. The van der Waals surface area contributed by atoms with Gasteiger partial charge in [-0.15, -0.1) is 0 Å². The Labute approximate surface area is 138 Å². The van der Waals surface area contributed by atoms with E-state index in [1.54, 1.807) is 0 Å². The molecule has 0 bridgehead atoms. The Balaban J connectivity index is 1.64. The first-order valence-corrected chi connectivity index (χ1v) is 8.32. The van der Waals surface area contributed by atoms with Crippen molar-refractivity contribution in [2.24, 2.45) is 0 Å². The zero-order valence-corrected chi connectivity index (χ0v) is 13.9. The number of benzene rings is 2. The molecule has 1 amide bonds. The first-order valence-electron chi connectivity index (χ1n) is 8.32. The van der Waals surface area contributed by atoms with E-state index in [4.69, 9.17) is 0 Å². The van der Waals surface area contributed by atoms with Gasteiger partial charge >= 0.3 is 0 Å². The molecule has 1 aliphatic rings. The van der Waals surface area contributed by atoms with Gasteiger partial charge in [0.1, 0.15) is 0 Å². The van der Waals surface area contributed by atoms with Gasteiger partial charge in [0.25, 0.3) is 5.91 Å². The van der Waals surface area contributed by atoms with Gasteiger partial charge in [0.05, 0.1) is 0 Å². The molecule has 120 valence electrons. The van der Waals surface area contributed by atoms with Gasteiger partial charge in [0, 0.05) is 30.4 Å². The summed E-state index contributed by atoms with van der Waals surface area (Å²) in [6.45, 7) is 5.80. The Morgan fingerprint density at radius 3 is 2.70 bits per heavy atom. The Hall–Kier alpha value is -2.29. The van der Waals surface area contributed by atoms with Gasteiger partial charge in [-0.2, -0.15) is 0 Å². The Morgan fingerprint density at radius 2 is 1.96 bits per heavy atom. The van der Waals surface area contributed by atoms with Gasteiger partial charge in [-0.3, -0.25) is 4.79 Å². The Bertz CT molecular complexity index is 681. The zero-order chi connectivity index (χ0) is 16.2. The van der Waals surface area contributed by atoms with E-state index in [0.29, 0.717) is 12.6 Å². The average molecular weight is 308 g/mol. The predicted molar refractivity (Wildman–Crippen MR) is 95.1 cm³/mol. The number of amides is 1. The summed E-state index contributed by atoms with van der Waals surface area (Å²) < 4.78 is 0. The van der Waals surface area contributed by atoms with Gasteiger partial charge in [-0.25, -0.2) is 0 Å². The van der Waals surface area contributed by atoms with Crippen molar-refractivity contribution in [1.82, 2.24) is 5.32 Å². The minimum atomic E-state index is 0.0300. The highest BCUT2D eigenvalue weighted by Crippen LogP contribution is 2.24. The van der Waals surface area contributed by atoms with E-state index in [0.717, 1.165) is 24.1 Å². The van der Waals surface area contributed by atoms with Gasteiger partial charge in [-0.1, -0.05) is 35.9 Å². The van der Waals surface area contributed by atoms with Crippen molar-refractivity contribution in [3.63, 3.8) is 0 Å². The second-order valence-corrected chi connectivity index (χ2v) is 6.35. The lowest BCUT2D eigenvalue weighted by Crippen LogP contribution is -2.40. The minimum absolute atomic E-state index is 0.0300. The van der Waals surface area contributed by atoms with Crippen LogP contribution in [0.3, 0.4) is 0 Å². The summed E-state index contributed by atoms with van der Waals surface area (Å²) >= 11 is 0. The molecule has 0 radical (unpaired) electrons. The lowest BCUT2D eigenvalue weighted by atomic mass is 10.1. The van der Waals surface area contributed by atoms with E-state index >= 15 is 0 Å². The summed E-state index contributed by atoms with van der Waals surface area (Å²) in [5, 5.41) is 3.12. The quantitative estimate of drug-likeness (QED) is 0.934. The molecular formula is C20H24N2O. The van der Waals surface area contributed by atoms with Crippen LogP contribution >= 0.6 is 0 Å².